The molecule has 2 aromatic carbocycles. The van der Waals surface area contributed by atoms with Gasteiger partial charge in [0.2, 0.25) is 0 Å². The second kappa shape index (κ2) is 6.64. The molecule has 0 bridgehead atoms. The summed E-state index contributed by atoms with van der Waals surface area (Å²) in [5.41, 5.74) is 1.33. The van der Waals surface area contributed by atoms with E-state index in [0.717, 1.165) is 4.90 Å². The molecule has 1 aliphatic rings. The van der Waals surface area contributed by atoms with Gasteiger partial charge in [0.05, 0.1) is 13.7 Å². The zero-order chi connectivity index (χ0) is 18.0. The van der Waals surface area contributed by atoms with Crippen molar-refractivity contribution in [3.05, 3.63) is 65.1 Å². The van der Waals surface area contributed by atoms with E-state index in [0.29, 0.717) is 11.1 Å². The molecule has 0 aromatic heterocycles. The van der Waals surface area contributed by atoms with E-state index in [1.807, 2.05) is 0 Å². The Hall–Kier alpha value is -3.35. The molecular formula is C18H15FN2O4. The standard InChI is InChI=1S/C18H15FN2O4/c1-25-16-9-12(4-7-15(16)22)8-14-17(23)21(18(24)20-14)10-11-2-5-13(19)6-3-11/h2-9,22H,10H2,1H3,(H,20,24)/b14-8+. The third kappa shape index (κ3) is 3.45. The number of carbonyl (C=O) groups excluding carboxylic acids is 2. The van der Waals surface area contributed by atoms with Crippen LogP contribution in [0.3, 0.4) is 0 Å². The molecule has 3 amide bonds. The van der Waals surface area contributed by atoms with E-state index in [-0.39, 0.29) is 29.6 Å². The Morgan fingerprint density at radius 3 is 2.60 bits per heavy atom. The number of imide groups is 1. The van der Waals surface area contributed by atoms with Crippen LogP contribution in [0, 0.1) is 5.82 Å². The zero-order valence-corrected chi connectivity index (χ0v) is 13.3. The van der Waals surface area contributed by atoms with Gasteiger partial charge in [-0.1, -0.05) is 18.2 Å². The number of carbonyl (C=O) groups is 2. The Balaban J connectivity index is 1.82. The summed E-state index contributed by atoms with van der Waals surface area (Å²) in [6, 6.07) is 9.59. The highest BCUT2D eigenvalue weighted by Gasteiger charge is 2.33. The van der Waals surface area contributed by atoms with Crippen LogP contribution in [0.25, 0.3) is 6.08 Å². The molecule has 6 nitrogen and oxygen atoms in total. The fraction of sp³-hybridized carbons (Fsp3) is 0.111. The average Bonchev–Trinajstić information content (AvgIpc) is 2.86. The van der Waals surface area contributed by atoms with Crippen LogP contribution in [0.5, 0.6) is 11.5 Å². The molecule has 1 aliphatic heterocycles. The van der Waals surface area contributed by atoms with E-state index in [2.05, 4.69) is 5.32 Å². The van der Waals surface area contributed by atoms with Gasteiger partial charge in [-0.05, 0) is 41.5 Å². The number of hydrogen-bond acceptors (Lipinski definition) is 4. The van der Waals surface area contributed by atoms with Crippen molar-refractivity contribution in [1.29, 1.82) is 0 Å². The number of methoxy groups -OCH3 is 1. The first kappa shape index (κ1) is 16.5. The summed E-state index contributed by atoms with van der Waals surface area (Å²) in [6.45, 7) is 0.0428. The molecule has 2 N–H and O–H groups in total. The summed E-state index contributed by atoms with van der Waals surface area (Å²) >= 11 is 0. The largest absolute Gasteiger partial charge is 0.504 e. The first-order valence-corrected chi connectivity index (χ1v) is 7.44. The molecule has 0 unspecified atom stereocenters. The van der Waals surface area contributed by atoms with Crippen molar-refractivity contribution in [3.8, 4) is 11.5 Å². The number of nitrogens with one attached hydrogen (secondary N) is 1. The van der Waals surface area contributed by atoms with Crippen LogP contribution in [-0.4, -0.2) is 29.1 Å². The van der Waals surface area contributed by atoms with E-state index in [1.165, 1.54) is 43.5 Å². The SMILES string of the molecule is COc1cc(/C=C2/NC(=O)N(Cc3ccc(F)cc3)C2=O)ccc1O. The first-order chi connectivity index (χ1) is 12.0. The highest BCUT2D eigenvalue weighted by molar-refractivity contribution is 6.13. The quantitative estimate of drug-likeness (QED) is 0.661. The normalized spacial score (nSPS) is 15.6. The van der Waals surface area contributed by atoms with E-state index in [9.17, 15) is 19.1 Å². The van der Waals surface area contributed by atoms with Crippen LogP contribution in [-0.2, 0) is 11.3 Å². The van der Waals surface area contributed by atoms with Crippen molar-refractivity contribution in [2.45, 2.75) is 6.54 Å². The third-order valence-corrected chi connectivity index (χ3v) is 3.73. The number of benzene rings is 2. The monoisotopic (exact) mass is 342 g/mol. The summed E-state index contributed by atoms with van der Waals surface area (Å²) in [5.74, 6) is -0.636. The summed E-state index contributed by atoms with van der Waals surface area (Å²) in [4.78, 5) is 25.5. The lowest BCUT2D eigenvalue weighted by Gasteiger charge is -2.11. The van der Waals surface area contributed by atoms with Gasteiger partial charge in [0.1, 0.15) is 11.5 Å². The maximum absolute atomic E-state index is 13.0. The Kier molecular flexibility index (Phi) is 4.38. The molecule has 0 atom stereocenters. The number of rotatable bonds is 4. The minimum absolute atomic E-state index is 0.0237. The van der Waals surface area contributed by atoms with Crippen molar-refractivity contribution >= 4 is 18.0 Å². The lowest BCUT2D eigenvalue weighted by Crippen LogP contribution is -2.30. The van der Waals surface area contributed by atoms with E-state index in [1.54, 1.807) is 12.1 Å². The number of phenols is 1. The summed E-state index contributed by atoms with van der Waals surface area (Å²) in [7, 11) is 1.42. The minimum Gasteiger partial charge on any atom is -0.504 e. The van der Waals surface area contributed by atoms with Gasteiger partial charge in [0.15, 0.2) is 11.5 Å². The molecule has 1 fully saturated rings. The van der Waals surface area contributed by atoms with Gasteiger partial charge < -0.3 is 15.2 Å². The van der Waals surface area contributed by atoms with Crippen LogP contribution in [0.15, 0.2) is 48.2 Å². The molecule has 0 saturated carbocycles. The second-order valence-corrected chi connectivity index (χ2v) is 5.44. The molecule has 1 heterocycles. The second-order valence-electron chi connectivity index (χ2n) is 5.44. The number of amides is 3. The third-order valence-electron chi connectivity index (χ3n) is 3.73. The Morgan fingerprint density at radius 1 is 1.20 bits per heavy atom. The van der Waals surface area contributed by atoms with E-state index < -0.39 is 11.9 Å². The van der Waals surface area contributed by atoms with Crippen molar-refractivity contribution in [1.82, 2.24) is 10.2 Å². The number of nitrogens with zero attached hydrogens (tertiary/aromatic N) is 1. The maximum Gasteiger partial charge on any atom is 0.329 e. The van der Waals surface area contributed by atoms with Crippen molar-refractivity contribution in [3.63, 3.8) is 0 Å². The van der Waals surface area contributed by atoms with Crippen molar-refractivity contribution < 1.29 is 23.8 Å². The van der Waals surface area contributed by atoms with Crippen molar-refractivity contribution in [2.75, 3.05) is 7.11 Å². The number of hydrogen-bond donors (Lipinski definition) is 2. The summed E-state index contributed by atoms with van der Waals surface area (Å²) in [5, 5.41) is 12.1. The molecule has 0 spiro atoms. The predicted octanol–water partition coefficient (Wildman–Crippen LogP) is 2.63. The van der Waals surface area contributed by atoms with Gasteiger partial charge in [0.25, 0.3) is 5.91 Å². The minimum atomic E-state index is -0.550. The Labute approximate surface area is 143 Å². The van der Waals surface area contributed by atoms with Crippen LogP contribution in [0.2, 0.25) is 0 Å². The summed E-state index contributed by atoms with van der Waals surface area (Å²) < 4.78 is 18.0. The zero-order valence-electron chi connectivity index (χ0n) is 13.3. The molecular weight excluding hydrogens is 327 g/mol. The molecule has 2 aromatic rings. The number of ether oxygens (including phenoxy) is 1. The number of aromatic hydroxyl groups is 1. The number of halogens is 1. The Bertz CT molecular complexity index is 862. The van der Waals surface area contributed by atoms with Crippen LogP contribution in [0.1, 0.15) is 11.1 Å². The molecule has 0 radical (unpaired) electrons. The topological polar surface area (TPSA) is 78.9 Å². The van der Waals surface area contributed by atoms with Crippen LogP contribution in [0.4, 0.5) is 9.18 Å². The first-order valence-electron chi connectivity index (χ1n) is 7.44. The smallest absolute Gasteiger partial charge is 0.329 e. The highest BCUT2D eigenvalue weighted by Crippen LogP contribution is 2.27. The van der Waals surface area contributed by atoms with Crippen LogP contribution < -0.4 is 10.1 Å². The fourth-order valence-corrected chi connectivity index (χ4v) is 2.44. The van der Waals surface area contributed by atoms with E-state index in [4.69, 9.17) is 4.74 Å². The fourth-order valence-electron chi connectivity index (χ4n) is 2.44. The maximum atomic E-state index is 13.0. The van der Waals surface area contributed by atoms with E-state index >= 15 is 0 Å². The molecule has 7 heteroatoms. The summed E-state index contributed by atoms with van der Waals surface area (Å²) in [6.07, 6.45) is 1.49. The van der Waals surface area contributed by atoms with Crippen molar-refractivity contribution in [2.24, 2.45) is 0 Å². The average molecular weight is 342 g/mol. The lowest BCUT2D eigenvalue weighted by molar-refractivity contribution is -0.123. The molecule has 128 valence electrons. The predicted molar refractivity (Wildman–Crippen MR) is 88.1 cm³/mol. The van der Waals surface area contributed by atoms with Gasteiger partial charge >= 0.3 is 6.03 Å². The van der Waals surface area contributed by atoms with Gasteiger partial charge in [-0.2, -0.15) is 0 Å². The number of phenolic OH excluding ortho intramolecular Hbond substituents is 1. The van der Waals surface area contributed by atoms with Gasteiger partial charge in [-0.3, -0.25) is 9.69 Å². The van der Waals surface area contributed by atoms with Gasteiger partial charge in [-0.25, -0.2) is 9.18 Å². The number of urea groups is 1. The molecule has 25 heavy (non-hydrogen) atoms. The van der Waals surface area contributed by atoms with Gasteiger partial charge in [-0.15, -0.1) is 0 Å². The van der Waals surface area contributed by atoms with Crippen LogP contribution >= 0.6 is 0 Å². The Morgan fingerprint density at radius 2 is 1.92 bits per heavy atom. The van der Waals surface area contributed by atoms with Gasteiger partial charge in [0, 0.05) is 0 Å². The highest BCUT2D eigenvalue weighted by atomic mass is 19.1. The molecule has 0 aliphatic carbocycles. The molecule has 3 rings (SSSR count). The molecule has 1 saturated heterocycles. The lowest BCUT2D eigenvalue weighted by atomic mass is 10.1.